The van der Waals surface area contributed by atoms with Crippen LogP contribution in [0.3, 0.4) is 0 Å². The van der Waals surface area contributed by atoms with Gasteiger partial charge in [0.25, 0.3) is 0 Å². The first-order valence-corrected chi connectivity index (χ1v) is 6.44. The minimum Gasteiger partial charge on any atom is -0.468 e. The van der Waals surface area contributed by atoms with E-state index in [0.29, 0.717) is 18.5 Å². The Morgan fingerprint density at radius 3 is 3.17 bits per heavy atom. The number of carbonyl (C=O) groups is 1. The first kappa shape index (κ1) is 11.5. The van der Waals surface area contributed by atoms with E-state index >= 15 is 0 Å². The highest BCUT2D eigenvalue weighted by molar-refractivity contribution is 5.78. The van der Waals surface area contributed by atoms with Gasteiger partial charge in [0.05, 0.1) is 7.11 Å². The summed E-state index contributed by atoms with van der Waals surface area (Å²) >= 11 is 0. The molecule has 2 unspecified atom stereocenters. The maximum Gasteiger partial charge on any atom is 0.325 e. The Morgan fingerprint density at radius 1 is 1.50 bits per heavy atom. The van der Waals surface area contributed by atoms with Gasteiger partial charge in [-0.1, -0.05) is 18.2 Å². The monoisotopic (exact) mass is 246 g/mol. The molecule has 18 heavy (non-hydrogen) atoms. The zero-order valence-electron chi connectivity index (χ0n) is 10.6. The minimum atomic E-state index is -0.170. The third kappa shape index (κ3) is 1.77. The van der Waals surface area contributed by atoms with Crippen LogP contribution in [0.15, 0.2) is 24.3 Å². The lowest BCUT2D eigenvalue weighted by atomic mass is 9.89. The Kier molecular flexibility index (Phi) is 2.96. The maximum atomic E-state index is 11.6. The molecule has 4 heteroatoms. The lowest BCUT2D eigenvalue weighted by Gasteiger charge is -2.33. The number of fused-ring (bicyclic) bond motifs is 3. The van der Waals surface area contributed by atoms with Crippen molar-refractivity contribution in [2.45, 2.75) is 18.4 Å². The Balaban J connectivity index is 1.94. The van der Waals surface area contributed by atoms with Crippen LogP contribution in [0.4, 0.5) is 5.69 Å². The van der Waals surface area contributed by atoms with Gasteiger partial charge in [0.15, 0.2) is 0 Å². The van der Waals surface area contributed by atoms with Crippen LogP contribution < -0.4 is 10.2 Å². The summed E-state index contributed by atoms with van der Waals surface area (Å²) in [6.07, 6.45) is 1.14. The Bertz CT molecular complexity index is 461. The van der Waals surface area contributed by atoms with Crippen molar-refractivity contribution < 1.29 is 9.53 Å². The summed E-state index contributed by atoms with van der Waals surface area (Å²) in [6.45, 7) is 2.34. The molecule has 2 aliphatic rings. The molecule has 0 bridgehead atoms. The molecule has 3 rings (SSSR count). The third-order valence-corrected chi connectivity index (χ3v) is 4.02. The van der Waals surface area contributed by atoms with Crippen LogP contribution in [0.5, 0.6) is 0 Å². The lowest BCUT2D eigenvalue weighted by molar-refractivity contribution is -0.139. The van der Waals surface area contributed by atoms with Crippen molar-refractivity contribution in [3.05, 3.63) is 29.8 Å². The fourth-order valence-electron chi connectivity index (χ4n) is 3.18. The molecule has 2 aliphatic heterocycles. The van der Waals surface area contributed by atoms with Gasteiger partial charge in [0, 0.05) is 24.2 Å². The van der Waals surface area contributed by atoms with Crippen LogP contribution in [-0.2, 0) is 9.53 Å². The molecule has 1 aromatic rings. The Hall–Kier alpha value is -1.55. The van der Waals surface area contributed by atoms with Gasteiger partial charge in [-0.3, -0.25) is 4.79 Å². The van der Waals surface area contributed by atoms with Crippen LogP contribution in [0.2, 0.25) is 0 Å². The van der Waals surface area contributed by atoms with Gasteiger partial charge in [0.2, 0.25) is 0 Å². The van der Waals surface area contributed by atoms with Gasteiger partial charge in [-0.05, 0) is 24.6 Å². The van der Waals surface area contributed by atoms with Gasteiger partial charge in [-0.2, -0.15) is 0 Å². The number of para-hydroxylation sites is 1. The van der Waals surface area contributed by atoms with E-state index in [1.54, 1.807) is 0 Å². The summed E-state index contributed by atoms with van der Waals surface area (Å²) in [4.78, 5) is 13.8. The van der Waals surface area contributed by atoms with Crippen LogP contribution in [-0.4, -0.2) is 38.8 Å². The summed E-state index contributed by atoms with van der Waals surface area (Å²) in [5.74, 6) is 0.378. The number of piperidine rings is 1. The molecule has 1 saturated heterocycles. The smallest absolute Gasteiger partial charge is 0.325 e. The number of nitrogens with zero attached hydrogens (tertiary/aromatic N) is 1. The standard InChI is InChI=1S/C14H18N2O2/c1-18-14(17)9-16-12-5-3-2-4-10(12)11-6-7-15-8-13(11)16/h2-5,11,13,15H,6-9H2,1H3. The van der Waals surface area contributed by atoms with Gasteiger partial charge in [-0.25, -0.2) is 0 Å². The first-order valence-electron chi connectivity index (χ1n) is 6.44. The molecule has 2 atom stereocenters. The molecule has 0 aromatic heterocycles. The number of ether oxygens (including phenoxy) is 1. The number of carbonyl (C=O) groups excluding carboxylic acids is 1. The van der Waals surface area contributed by atoms with E-state index in [0.717, 1.165) is 19.5 Å². The molecule has 1 N–H and O–H groups in total. The van der Waals surface area contributed by atoms with E-state index in [9.17, 15) is 4.79 Å². The molecule has 1 aromatic carbocycles. The number of hydrogen-bond acceptors (Lipinski definition) is 4. The molecule has 0 spiro atoms. The Morgan fingerprint density at radius 2 is 2.33 bits per heavy atom. The molecule has 2 heterocycles. The average Bonchev–Trinajstić information content (AvgIpc) is 2.74. The third-order valence-electron chi connectivity index (χ3n) is 4.02. The number of esters is 1. The number of nitrogens with one attached hydrogen (secondary N) is 1. The largest absolute Gasteiger partial charge is 0.468 e. The van der Waals surface area contributed by atoms with Crippen molar-refractivity contribution in [3.63, 3.8) is 0 Å². The van der Waals surface area contributed by atoms with Gasteiger partial charge in [0.1, 0.15) is 6.54 Å². The minimum absolute atomic E-state index is 0.170. The second-order valence-electron chi connectivity index (χ2n) is 4.93. The van der Waals surface area contributed by atoms with E-state index in [2.05, 4.69) is 28.4 Å². The molecule has 96 valence electrons. The fourth-order valence-corrected chi connectivity index (χ4v) is 3.18. The van der Waals surface area contributed by atoms with Crippen LogP contribution in [0.1, 0.15) is 17.9 Å². The number of hydrogen-bond donors (Lipinski definition) is 1. The van der Waals surface area contributed by atoms with E-state index in [-0.39, 0.29) is 5.97 Å². The molecule has 4 nitrogen and oxygen atoms in total. The fraction of sp³-hybridized carbons (Fsp3) is 0.500. The predicted octanol–water partition coefficient (Wildman–Crippen LogP) is 1.13. The molecular weight excluding hydrogens is 228 g/mol. The number of anilines is 1. The van der Waals surface area contributed by atoms with Crippen LogP contribution >= 0.6 is 0 Å². The van der Waals surface area contributed by atoms with E-state index in [1.807, 2.05) is 6.07 Å². The maximum absolute atomic E-state index is 11.6. The second-order valence-corrected chi connectivity index (χ2v) is 4.93. The van der Waals surface area contributed by atoms with Gasteiger partial charge in [-0.15, -0.1) is 0 Å². The summed E-state index contributed by atoms with van der Waals surface area (Å²) in [7, 11) is 1.45. The number of methoxy groups -OCH3 is 1. The summed E-state index contributed by atoms with van der Waals surface area (Å²) in [6, 6.07) is 8.80. The van der Waals surface area contributed by atoms with Crippen LogP contribution in [0, 0.1) is 0 Å². The van der Waals surface area contributed by atoms with Crippen molar-refractivity contribution in [1.29, 1.82) is 0 Å². The molecule has 0 saturated carbocycles. The summed E-state index contributed by atoms with van der Waals surface area (Å²) in [5, 5.41) is 3.42. The topological polar surface area (TPSA) is 41.6 Å². The summed E-state index contributed by atoms with van der Waals surface area (Å²) in [5.41, 5.74) is 2.58. The molecule has 0 radical (unpaired) electrons. The average molecular weight is 246 g/mol. The summed E-state index contributed by atoms with van der Waals surface area (Å²) < 4.78 is 4.81. The molecule has 0 amide bonds. The number of rotatable bonds is 2. The first-order chi connectivity index (χ1) is 8.81. The highest BCUT2D eigenvalue weighted by Gasteiger charge is 2.40. The lowest BCUT2D eigenvalue weighted by Crippen LogP contribution is -2.48. The van der Waals surface area contributed by atoms with Crippen LogP contribution in [0.25, 0.3) is 0 Å². The second kappa shape index (κ2) is 4.61. The SMILES string of the molecule is COC(=O)CN1c2ccccc2C2CCNCC21. The molecule has 1 fully saturated rings. The van der Waals surface area contributed by atoms with Crippen molar-refractivity contribution in [2.75, 3.05) is 31.6 Å². The zero-order chi connectivity index (χ0) is 12.5. The zero-order valence-corrected chi connectivity index (χ0v) is 10.6. The highest BCUT2D eigenvalue weighted by Crippen LogP contribution is 2.43. The quantitative estimate of drug-likeness (QED) is 0.794. The van der Waals surface area contributed by atoms with Gasteiger partial charge >= 0.3 is 5.97 Å². The number of benzene rings is 1. The van der Waals surface area contributed by atoms with Gasteiger partial charge < -0.3 is 15.0 Å². The van der Waals surface area contributed by atoms with Crippen molar-refractivity contribution in [1.82, 2.24) is 5.32 Å². The van der Waals surface area contributed by atoms with E-state index in [4.69, 9.17) is 4.74 Å². The van der Waals surface area contributed by atoms with Crippen molar-refractivity contribution >= 4 is 11.7 Å². The van der Waals surface area contributed by atoms with E-state index < -0.39 is 0 Å². The van der Waals surface area contributed by atoms with Crippen molar-refractivity contribution in [3.8, 4) is 0 Å². The van der Waals surface area contributed by atoms with E-state index in [1.165, 1.54) is 18.4 Å². The van der Waals surface area contributed by atoms with Crippen molar-refractivity contribution in [2.24, 2.45) is 0 Å². The molecule has 0 aliphatic carbocycles. The molecular formula is C14H18N2O2. The highest BCUT2D eigenvalue weighted by atomic mass is 16.5. The predicted molar refractivity (Wildman–Crippen MR) is 69.8 cm³/mol. The normalized spacial score (nSPS) is 25.5. The Labute approximate surface area is 107 Å².